The molecule has 1 fully saturated rings. The van der Waals surface area contributed by atoms with Gasteiger partial charge in [-0.3, -0.25) is 0 Å². The minimum Gasteiger partial charge on any atom is -0.387 e. The zero-order chi connectivity index (χ0) is 23.1. The lowest BCUT2D eigenvalue weighted by atomic mass is 10.2. The predicted molar refractivity (Wildman–Crippen MR) is 126 cm³/mol. The van der Waals surface area contributed by atoms with Crippen molar-refractivity contribution in [3.05, 3.63) is 30.5 Å². The van der Waals surface area contributed by atoms with Gasteiger partial charge in [0.2, 0.25) is 10.0 Å². The van der Waals surface area contributed by atoms with Crippen LogP contribution in [0.2, 0.25) is 0 Å². The molecule has 1 saturated heterocycles. The molecule has 1 amide bonds. The lowest BCUT2D eigenvalue weighted by molar-refractivity contribution is 0.185. The molecule has 0 saturated carbocycles. The zero-order valence-electron chi connectivity index (χ0n) is 18.6. The monoisotopic (exact) mass is 500 g/mol. The van der Waals surface area contributed by atoms with Crippen molar-refractivity contribution < 1.29 is 22.7 Å². The summed E-state index contributed by atoms with van der Waals surface area (Å²) in [6.45, 7) is 3.19. The second-order valence-corrected chi connectivity index (χ2v) is 9.28. The first-order valence-electron chi connectivity index (χ1n) is 10.2. The van der Waals surface area contributed by atoms with Gasteiger partial charge in [0.25, 0.3) is 5.88 Å². The second-order valence-electron chi connectivity index (χ2n) is 7.34. The maximum Gasteiger partial charge on any atom is 0.414 e. The maximum absolute atomic E-state index is 12.9. The van der Waals surface area contributed by atoms with Crippen molar-refractivity contribution in [1.29, 1.82) is 0 Å². The van der Waals surface area contributed by atoms with E-state index in [-0.39, 0.29) is 29.0 Å². The lowest BCUT2D eigenvalue weighted by Crippen LogP contribution is -2.46. The smallest absolute Gasteiger partial charge is 0.387 e. The molecule has 13 heteroatoms. The average Bonchev–Trinajstić information content (AvgIpc) is 2.78. The number of rotatable bonds is 8. The van der Waals surface area contributed by atoms with E-state index in [0.717, 1.165) is 0 Å². The number of nitrogen functional groups attached to an aromatic ring is 1. The molecule has 0 unspecified atom stereocenters. The molecule has 11 nitrogen and oxygen atoms in total. The number of ether oxygens (including phenoxy) is 2. The molecule has 0 radical (unpaired) electrons. The third-order valence-corrected chi connectivity index (χ3v) is 6.91. The molecule has 1 aromatic heterocycles. The fourth-order valence-corrected chi connectivity index (χ4v) is 4.52. The fourth-order valence-electron chi connectivity index (χ4n) is 3.10. The summed E-state index contributed by atoms with van der Waals surface area (Å²) in [7, 11) is -0.0187. The van der Waals surface area contributed by atoms with E-state index in [4.69, 9.17) is 15.2 Å². The van der Waals surface area contributed by atoms with Gasteiger partial charge in [0, 0.05) is 52.0 Å². The molecular weight excluding hydrogens is 472 g/mol. The Morgan fingerprint density at radius 1 is 1.18 bits per heavy atom. The van der Waals surface area contributed by atoms with E-state index in [0.29, 0.717) is 57.0 Å². The summed E-state index contributed by atoms with van der Waals surface area (Å²) in [4.78, 5) is 22.5. The van der Waals surface area contributed by atoms with Crippen molar-refractivity contribution in [3.8, 4) is 17.1 Å². The Bertz CT molecular complexity index is 1030. The minimum atomic E-state index is -3.56. The van der Waals surface area contributed by atoms with Crippen molar-refractivity contribution in [2.75, 3.05) is 59.2 Å². The number of carbonyl (C=O) groups excluding carboxylic acids is 1. The van der Waals surface area contributed by atoms with Crippen molar-refractivity contribution in [2.24, 2.45) is 0 Å². The van der Waals surface area contributed by atoms with E-state index >= 15 is 0 Å². The molecule has 0 atom stereocenters. The number of aromatic nitrogens is 2. The Morgan fingerprint density at radius 3 is 2.48 bits per heavy atom. The van der Waals surface area contributed by atoms with E-state index < -0.39 is 16.1 Å². The second kappa shape index (κ2) is 12.1. The first-order chi connectivity index (χ1) is 15.3. The molecule has 0 aliphatic carbocycles. The van der Waals surface area contributed by atoms with Gasteiger partial charge < -0.3 is 25.4 Å². The summed E-state index contributed by atoms with van der Waals surface area (Å²) >= 11 is 0. The molecule has 2 aromatic rings. The highest BCUT2D eigenvalue weighted by Gasteiger charge is 2.27. The Balaban J connectivity index is 0.00000385. The van der Waals surface area contributed by atoms with Gasteiger partial charge in [-0.15, -0.1) is 12.4 Å². The van der Waals surface area contributed by atoms with Crippen LogP contribution in [0.1, 0.15) is 6.42 Å². The van der Waals surface area contributed by atoms with Gasteiger partial charge in [-0.2, -0.15) is 4.31 Å². The van der Waals surface area contributed by atoms with Gasteiger partial charge in [0.05, 0.1) is 16.8 Å². The van der Waals surface area contributed by atoms with Crippen LogP contribution in [0.3, 0.4) is 0 Å². The third-order valence-electron chi connectivity index (χ3n) is 5.00. The number of sulfonamides is 1. The van der Waals surface area contributed by atoms with Gasteiger partial charge in [0.1, 0.15) is 0 Å². The number of likely N-dealkylation sites (N-methyl/N-ethyl adjacent to an activating group) is 1. The first kappa shape index (κ1) is 26.7. The van der Waals surface area contributed by atoms with Gasteiger partial charge >= 0.3 is 6.09 Å². The number of anilines is 1. The third kappa shape index (κ3) is 6.98. The number of carbonyl (C=O) groups is 1. The maximum atomic E-state index is 12.9. The number of hydrogen-bond donors (Lipinski definition) is 2. The number of nitrogens with two attached hydrogens (primary N) is 1. The molecule has 33 heavy (non-hydrogen) atoms. The van der Waals surface area contributed by atoms with Crippen molar-refractivity contribution in [2.45, 2.75) is 11.3 Å². The normalized spacial score (nSPS) is 15.0. The van der Waals surface area contributed by atoms with Crippen LogP contribution in [0.4, 0.5) is 10.6 Å². The fraction of sp³-hybridized carbons (Fsp3) is 0.450. The summed E-state index contributed by atoms with van der Waals surface area (Å²) in [5, 5.41) is 2.57. The summed E-state index contributed by atoms with van der Waals surface area (Å²) < 4.78 is 37.3. The number of hydrogen-bond acceptors (Lipinski definition) is 9. The van der Waals surface area contributed by atoms with Crippen LogP contribution in [-0.4, -0.2) is 87.2 Å². The van der Waals surface area contributed by atoms with E-state index in [9.17, 15) is 13.2 Å². The average molecular weight is 501 g/mol. The van der Waals surface area contributed by atoms with E-state index in [2.05, 4.69) is 20.2 Å². The van der Waals surface area contributed by atoms with Gasteiger partial charge in [-0.25, -0.2) is 23.2 Å². The summed E-state index contributed by atoms with van der Waals surface area (Å²) in [6.07, 6.45) is 1.37. The molecule has 2 heterocycles. The molecule has 3 N–H and O–H groups in total. The summed E-state index contributed by atoms with van der Waals surface area (Å²) in [6, 6.07) is 6.34. The number of amides is 1. The Morgan fingerprint density at radius 2 is 1.85 bits per heavy atom. The molecule has 182 valence electrons. The standard InChI is InChI=1S/C20H28N6O5S.ClH/c1-25-9-11-26(12-10-25)32(28,29)16-6-4-15(5-7-16)17-14-23-18(21)19(24-17)31-20(27)22-8-3-13-30-2;/h4-7,14H,3,8-13H2,1-2H3,(H2,21,23)(H,22,27);1H. The highest BCUT2D eigenvalue weighted by molar-refractivity contribution is 7.89. The Labute approximate surface area is 199 Å². The number of benzene rings is 1. The van der Waals surface area contributed by atoms with Crippen molar-refractivity contribution in [3.63, 3.8) is 0 Å². The lowest BCUT2D eigenvalue weighted by Gasteiger charge is -2.31. The van der Waals surface area contributed by atoms with Crippen LogP contribution >= 0.6 is 12.4 Å². The predicted octanol–water partition coefficient (Wildman–Crippen LogP) is 1.21. The van der Waals surface area contributed by atoms with Crippen molar-refractivity contribution in [1.82, 2.24) is 24.5 Å². The topological polar surface area (TPSA) is 140 Å². The molecule has 1 aromatic carbocycles. The van der Waals surface area contributed by atoms with Crippen LogP contribution in [0.5, 0.6) is 5.88 Å². The molecule has 0 spiro atoms. The minimum absolute atomic E-state index is 0. The number of piperazine rings is 1. The molecule has 3 rings (SSSR count). The molecule has 1 aliphatic heterocycles. The van der Waals surface area contributed by atoms with Crippen LogP contribution in [0, 0.1) is 0 Å². The van der Waals surface area contributed by atoms with Crippen LogP contribution < -0.4 is 15.8 Å². The Kier molecular flexibility index (Phi) is 9.80. The number of methoxy groups -OCH3 is 1. The number of nitrogens with zero attached hydrogens (tertiary/aromatic N) is 4. The highest BCUT2D eigenvalue weighted by Crippen LogP contribution is 2.25. The van der Waals surface area contributed by atoms with E-state index in [1.165, 1.54) is 22.6 Å². The summed E-state index contributed by atoms with van der Waals surface area (Å²) in [5.74, 6) is -0.157. The van der Waals surface area contributed by atoms with E-state index in [1.807, 2.05) is 7.05 Å². The van der Waals surface area contributed by atoms with Crippen molar-refractivity contribution >= 4 is 34.3 Å². The highest BCUT2D eigenvalue weighted by atomic mass is 35.5. The zero-order valence-corrected chi connectivity index (χ0v) is 20.2. The summed E-state index contributed by atoms with van der Waals surface area (Å²) in [5.41, 5.74) is 6.78. The molecular formula is C20H29ClN6O5S. The van der Waals surface area contributed by atoms with Crippen LogP contribution in [0.15, 0.2) is 35.4 Å². The number of nitrogens with one attached hydrogen (secondary N) is 1. The quantitative estimate of drug-likeness (QED) is 0.511. The van der Waals surface area contributed by atoms with E-state index in [1.54, 1.807) is 19.2 Å². The molecule has 1 aliphatic rings. The van der Waals surface area contributed by atoms with Gasteiger partial charge in [-0.1, -0.05) is 12.1 Å². The van der Waals surface area contributed by atoms with Gasteiger partial charge in [-0.05, 0) is 25.6 Å². The Hall–Kier alpha value is -2.51. The largest absolute Gasteiger partial charge is 0.414 e. The SMILES string of the molecule is COCCCNC(=O)Oc1nc(-c2ccc(S(=O)(=O)N3CCN(C)CC3)cc2)cnc1N.Cl. The van der Waals surface area contributed by atoms with Gasteiger partial charge in [0.15, 0.2) is 5.82 Å². The van der Waals surface area contributed by atoms with Crippen LogP contribution in [0.25, 0.3) is 11.3 Å². The van der Waals surface area contributed by atoms with Crippen LogP contribution in [-0.2, 0) is 14.8 Å². The first-order valence-corrected chi connectivity index (χ1v) is 11.6. The number of halogens is 1. The molecule has 0 bridgehead atoms.